The molecule has 0 saturated heterocycles. The highest BCUT2D eigenvalue weighted by Gasteiger charge is 2.02. The average molecular weight is 246 g/mol. The average Bonchev–Trinajstić information content (AvgIpc) is 2.38. The van der Waals surface area contributed by atoms with Gasteiger partial charge in [-0.05, 0) is 30.5 Å². The summed E-state index contributed by atoms with van der Waals surface area (Å²) in [6, 6.07) is 7.80. The maximum atomic E-state index is 8.67. The Balaban J connectivity index is 2.52. The van der Waals surface area contributed by atoms with Crippen LogP contribution in [0, 0.1) is 17.8 Å². The lowest BCUT2D eigenvalue weighted by Gasteiger charge is -2.12. The van der Waals surface area contributed by atoms with Crippen LogP contribution in [0.25, 0.3) is 0 Å². The van der Waals surface area contributed by atoms with E-state index in [1.54, 1.807) is 0 Å². The first-order valence-electron chi connectivity index (χ1n) is 6.58. The Morgan fingerprint density at radius 1 is 1.39 bits per heavy atom. The topological polar surface area (TPSA) is 29.5 Å². The molecular weight excluding hydrogens is 224 g/mol. The fourth-order valence-electron chi connectivity index (χ4n) is 1.70. The van der Waals surface area contributed by atoms with E-state index in [4.69, 9.17) is 9.84 Å². The smallest absolute Gasteiger partial charge is 0.120 e. The lowest BCUT2D eigenvalue weighted by Crippen LogP contribution is -2.08. The van der Waals surface area contributed by atoms with E-state index in [9.17, 15) is 0 Å². The number of hydrogen-bond acceptors (Lipinski definition) is 2. The van der Waals surface area contributed by atoms with Crippen molar-refractivity contribution >= 4 is 0 Å². The minimum absolute atomic E-state index is 0.109. The van der Waals surface area contributed by atoms with Crippen LogP contribution in [0.15, 0.2) is 24.3 Å². The van der Waals surface area contributed by atoms with E-state index >= 15 is 0 Å². The van der Waals surface area contributed by atoms with E-state index < -0.39 is 0 Å². The molecule has 1 rings (SSSR count). The molecular formula is C16H22O2. The van der Waals surface area contributed by atoms with Crippen LogP contribution in [0.4, 0.5) is 0 Å². The highest BCUT2D eigenvalue weighted by molar-refractivity contribution is 5.39. The molecule has 0 aliphatic carbocycles. The van der Waals surface area contributed by atoms with Crippen molar-refractivity contribution in [1.29, 1.82) is 0 Å². The van der Waals surface area contributed by atoms with Crippen molar-refractivity contribution in [2.45, 2.75) is 33.1 Å². The van der Waals surface area contributed by atoms with E-state index in [2.05, 4.69) is 25.7 Å². The van der Waals surface area contributed by atoms with Crippen molar-refractivity contribution in [1.82, 2.24) is 0 Å². The molecule has 1 aromatic carbocycles. The van der Waals surface area contributed by atoms with Crippen molar-refractivity contribution in [3.05, 3.63) is 29.8 Å². The van der Waals surface area contributed by atoms with Crippen LogP contribution in [-0.4, -0.2) is 18.3 Å². The van der Waals surface area contributed by atoms with Crippen LogP contribution in [0.1, 0.15) is 38.7 Å². The molecule has 1 N–H and O–H groups in total. The van der Waals surface area contributed by atoms with E-state index in [1.807, 2.05) is 24.3 Å². The lowest BCUT2D eigenvalue weighted by molar-refractivity contribution is 0.251. The second kappa shape index (κ2) is 8.60. The van der Waals surface area contributed by atoms with Gasteiger partial charge in [-0.3, -0.25) is 0 Å². The number of rotatable bonds is 6. The maximum Gasteiger partial charge on any atom is 0.120 e. The zero-order valence-corrected chi connectivity index (χ0v) is 11.3. The summed E-state index contributed by atoms with van der Waals surface area (Å²) in [6.07, 6.45) is 2.89. The summed E-state index contributed by atoms with van der Waals surface area (Å²) >= 11 is 0. The third-order valence-electron chi connectivity index (χ3n) is 2.62. The van der Waals surface area contributed by atoms with Crippen LogP contribution < -0.4 is 4.74 Å². The van der Waals surface area contributed by atoms with Crippen LogP contribution in [0.2, 0.25) is 0 Å². The molecule has 1 aromatic rings. The molecule has 0 bridgehead atoms. The zero-order valence-electron chi connectivity index (χ0n) is 11.3. The summed E-state index contributed by atoms with van der Waals surface area (Å²) in [4.78, 5) is 0. The summed E-state index contributed by atoms with van der Waals surface area (Å²) in [7, 11) is 0. The van der Waals surface area contributed by atoms with Gasteiger partial charge in [-0.15, -0.1) is 0 Å². The number of ether oxygens (including phenoxy) is 1. The normalized spacial score (nSPS) is 11.5. The zero-order chi connectivity index (χ0) is 13.2. The molecule has 1 unspecified atom stereocenters. The summed E-state index contributed by atoms with van der Waals surface area (Å²) < 4.78 is 5.75. The van der Waals surface area contributed by atoms with Crippen molar-refractivity contribution < 1.29 is 9.84 Å². The molecule has 1 atom stereocenters. The first-order valence-corrected chi connectivity index (χ1v) is 6.58. The molecule has 2 nitrogen and oxygen atoms in total. The van der Waals surface area contributed by atoms with Crippen molar-refractivity contribution in [2.75, 3.05) is 13.2 Å². The Morgan fingerprint density at radius 2 is 2.22 bits per heavy atom. The summed E-state index contributed by atoms with van der Waals surface area (Å²) in [5.41, 5.74) is 0.934. The third kappa shape index (κ3) is 5.75. The highest BCUT2D eigenvalue weighted by atomic mass is 16.5. The molecule has 0 aliphatic heterocycles. The maximum absolute atomic E-state index is 8.67. The second-order valence-electron chi connectivity index (χ2n) is 4.51. The van der Waals surface area contributed by atoms with Gasteiger partial charge in [0.15, 0.2) is 0 Å². The Hall–Kier alpha value is -1.46. The SMILES string of the molecule is CCCC(C)COc1cccc(C#CCCO)c1. The number of aliphatic hydroxyl groups excluding tert-OH is 1. The Bertz CT molecular complexity index is 401. The van der Waals surface area contributed by atoms with Gasteiger partial charge in [0.25, 0.3) is 0 Å². The van der Waals surface area contributed by atoms with Gasteiger partial charge in [0, 0.05) is 12.0 Å². The molecule has 0 saturated carbocycles. The summed E-state index contributed by atoms with van der Waals surface area (Å²) in [6.45, 7) is 5.25. The van der Waals surface area contributed by atoms with Gasteiger partial charge in [0.05, 0.1) is 13.2 Å². The lowest BCUT2D eigenvalue weighted by atomic mass is 10.1. The largest absolute Gasteiger partial charge is 0.493 e. The minimum Gasteiger partial charge on any atom is -0.493 e. The van der Waals surface area contributed by atoms with Gasteiger partial charge < -0.3 is 9.84 Å². The van der Waals surface area contributed by atoms with Gasteiger partial charge in [0.2, 0.25) is 0 Å². The molecule has 0 amide bonds. The highest BCUT2D eigenvalue weighted by Crippen LogP contribution is 2.15. The predicted molar refractivity (Wildman–Crippen MR) is 74.6 cm³/mol. The Morgan fingerprint density at radius 3 is 2.94 bits per heavy atom. The van der Waals surface area contributed by atoms with E-state index in [0.29, 0.717) is 12.3 Å². The Kier molecular flexibility index (Phi) is 6.98. The molecule has 0 spiro atoms. The van der Waals surface area contributed by atoms with Crippen molar-refractivity contribution in [3.8, 4) is 17.6 Å². The molecule has 0 fully saturated rings. The molecule has 18 heavy (non-hydrogen) atoms. The Labute approximate surface area is 110 Å². The van der Waals surface area contributed by atoms with Gasteiger partial charge in [-0.25, -0.2) is 0 Å². The van der Waals surface area contributed by atoms with Gasteiger partial charge in [-0.1, -0.05) is 38.2 Å². The molecule has 0 heterocycles. The second-order valence-corrected chi connectivity index (χ2v) is 4.51. The standard InChI is InChI=1S/C16H22O2/c1-3-7-14(2)13-18-16-10-6-9-15(12-16)8-4-5-11-17/h6,9-10,12,14,17H,3,5,7,11,13H2,1-2H3. The minimum atomic E-state index is 0.109. The molecule has 0 aliphatic rings. The third-order valence-corrected chi connectivity index (χ3v) is 2.62. The van der Waals surface area contributed by atoms with Crippen LogP contribution >= 0.6 is 0 Å². The predicted octanol–water partition coefficient (Wildman–Crippen LogP) is 3.24. The molecule has 2 heteroatoms. The van der Waals surface area contributed by atoms with Gasteiger partial charge >= 0.3 is 0 Å². The number of benzene rings is 1. The van der Waals surface area contributed by atoms with Crippen LogP contribution in [0.3, 0.4) is 0 Å². The first-order chi connectivity index (χ1) is 8.76. The van der Waals surface area contributed by atoms with E-state index in [0.717, 1.165) is 17.9 Å². The van der Waals surface area contributed by atoms with Gasteiger partial charge in [-0.2, -0.15) is 0 Å². The molecule has 98 valence electrons. The first kappa shape index (κ1) is 14.6. The number of aliphatic hydroxyl groups is 1. The summed E-state index contributed by atoms with van der Waals surface area (Å²) in [5.74, 6) is 7.37. The summed E-state index contributed by atoms with van der Waals surface area (Å²) in [5, 5.41) is 8.67. The van der Waals surface area contributed by atoms with Crippen molar-refractivity contribution in [3.63, 3.8) is 0 Å². The van der Waals surface area contributed by atoms with Crippen LogP contribution in [-0.2, 0) is 0 Å². The van der Waals surface area contributed by atoms with Crippen LogP contribution in [0.5, 0.6) is 5.75 Å². The quantitative estimate of drug-likeness (QED) is 0.781. The monoisotopic (exact) mass is 246 g/mol. The number of hydrogen-bond donors (Lipinski definition) is 1. The fourth-order valence-corrected chi connectivity index (χ4v) is 1.70. The molecule has 0 radical (unpaired) electrons. The fraction of sp³-hybridized carbons (Fsp3) is 0.500. The van der Waals surface area contributed by atoms with Crippen molar-refractivity contribution in [2.24, 2.45) is 5.92 Å². The van der Waals surface area contributed by atoms with E-state index in [1.165, 1.54) is 12.8 Å². The molecule has 0 aromatic heterocycles. The van der Waals surface area contributed by atoms with Gasteiger partial charge in [0.1, 0.15) is 5.75 Å². The van der Waals surface area contributed by atoms with E-state index in [-0.39, 0.29) is 6.61 Å².